The van der Waals surface area contributed by atoms with Gasteiger partial charge in [-0.05, 0) is 24.6 Å². The third-order valence-electron chi connectivity index (χ3n) is 3.17. The molecule has 2 rings (SSSR count). The Hall–Kier alpha value is -2.69. The maximum absolute atomic E-state index is 12.1. The molecule has 1 heterocycles. The summed E-state index contributed by atoms with van der Waals surface area (Å²) in [4.78, 5) is 27.2. The Morgan fingerprint density at radius 3 is 2.45 bits per heavy atom. The van der Waals surface area contributed by atoms with Gasteiger partial charge in [0.2, 0.25) is 5.91 Å². The maximum atomic E-state index is 12.1. The number of benzene rings is 1. The SMILES string of the molecule is CC(=O)NCc1cc(C(=O)NCc2ccc(C)cc2)ccn1. The first-order valence-electron chi connectivity index (χ1n) is 7.07. The predicted molar refractivity (Wildman–Crippen MR) is 84.1 cm³/mol. The molecule has 2 aromatic rings. The van der Waals surface area contributed by atoms with E-state index >= 15 is 0 Å². The normalized spacial score (nSPS) is 10.1. The molecule has 0 spiro atoms. The van der Waals surface area contributed by atoms with Gasteiger partial charge >= 0.3 is 0 Å². The van der Waals surface area contributed by atoms with Gasteiger partial charge in [-0.25, -0.2) is 0 Å². The lowest BCUT2D eigenvalue weighted by Crippen LogP contribution is -2.24. The van der Waals surface area contributed by atoms with E-state index in [9.17, 15) is 9.59 Å². The number of nitrogens with one attached hydrogen (secondary N) is 2. The van der Waals surface area contributed by atoms with Gasteiger partial charge in [-0.15, -0.1) is 0 Å². The molecule has 0 atom stereocenters. The number of hydrogen-bond donors (Lipinski definition) is 2. The highest BCUT2D eigenvalue weighted by Crippen LogP contribution is 2.05. The van der Waals surface area contributed by atoms with Gasteiger partial charge in [-0.3, -0.25) is 14.6 Å². The zero-order chi connectivity index (χ0) is 15.9. The van der Waals surface area contributed by atoms with Crippen molar-refractivity contribution < 1.29 is 9.59 Å². The Bertz CT molecular complexity index is 666. The summed E-state index contributed by atoms with van der Waals surface area (Å²) in [5.41, 5.74) is 3.42. The Kier molecular flexibility index (Phi) is 5.25. The number of aryl methyl sites for hydroxylation is 1. The van der Waals surface area contributed by atoms with E-state index in [4.69, 9.17) is 0 Å². The molecular formula is C17H19N3O2. The summed E-state index contributed by atoms with van der Waals surface area (Å²) in [6, 6.07) is 11.3. The Morgan fingerprint density at radius 1 is 1.05 bits per heavy atom. The molecule has 114 valence electrons. The van der Waals surface area contributed by atoms with E-state index < -0.39 is 0 Å². The van der Waals surface area contributed by atoms with Gasteiger partial charge in [0.25, 0.3) is 5.91 Å². The highest BCUT2D eigenvalue weighted by molar-refractivity contribution is 5.94. The van der Waals surface area contributed by atoms with Crippen LogP contribution in [0.2, 0.25) is 0 Å². The minimum Gasteiger partial charge on any atom is -0.351 e. The number of amides is 2. The fourth-order valence-electron chi connectivity index (χ4n) is 1.92. The number of pyridine rings is 1. The van der Waals surface area contributed by atoms with Crippen LogP contribution in [0.3, 0.4) is 0 Å². The zero-order valence-electron chi connectivity index (χ0n) is 12.7. The first kappa shape index (κ1) is 15.7. The van der Waals surface area contributed by atoms with Crippen molar-refractivity contribution in [2.45, 2.75) is 26.9 Å². The van der Waals surface area contributed by atoms with Crippen LogP contribution in [0.1, 0.15) is 34.1 Å². The number of hydrogen-bond acceptors (Lipinski definition) is 3. The summed E-state index contributed by atoms with van der Waals surface area (Å²) in [6.45, 7) is 4.25. The summed E-state index contributed by atoms with van der Waals surface area (Å²) in [6.07, 6.45) is 1.57. The fraction of sp³-hybridized carbons (Fsp3) is 0.235. The van der Waals surface area contributed by atoms with E-state index in [2.05, 4.69) is 15.6 Å². The van der Waals surface area contributed by atoms with Gasteiger partial charge in [0, 0.05) is 25.2 Å². The molecule has 0 aliphatic heterocycles. The van der Waals surface area contributed by atoms with Crippen molar-refractivity contribution in [2.24, 2.45) is 0 Å². The van der Waals surface area contributed by atoms with Crippen molar-refractivity contribution in [3.05, 3.63) is 65.0 Å². The second kappa shape index (κ2) is 7.36. The largest absolute Gasteiger partial charge is 0.351 e. The summed E-state index contributed by atoms with van der Waals surface area (Å²) >= 11 is 0. The Morgan fingerprint density at radius 2 is 1.77 bits per heavy atom. The van der Waals surface area contributed by atoms with E-state index in [-0.39, 0.29) is 11.8 Å². The molecule has 0 radical (unpaired) electrons. The molecule has 1 aromatic carbocycles. The third-order valence-corrected chi connectivity index (χ3v) is 3.17. The van der Waals surface area contributed by atoms with Crippen molar-refractivity contribution >= 4 is 11.8 Å². The van der Waals surface area contributed by atoms with E-state index in [1.165, 1.54) is 12.5 Å². The summed E-state index contributed by atoms with van der Waals surface area (Å²) in [5, 5.41) is 5.53. The number of carbonyl (C=O) groups excluding carboxylic acids is 2. The van der Waals surface area contributed by atoms with Crippen molar-refractivity contribution in [3.63, 3.8) is 0 Å². The molecule has 0 bridgehead atoms. The van der Waals surface area contributed by atoms with Crippen LogP contribution in [0, 0.1) is 6.92 Å². The lowest BCUT2D eigenvalue weighted by atomic mass is 10.1. The van der Waals surface area contributed by atoms with E-state index in [0.717, 1.165) is 5.56 Å². The van der Waals surface area contributed by atoms with Crippen molar-refractivity contribution in [1.29, 1.82) is 0 Å². The van der Waals surface area contributed by atoms with Crippen molar-refractivity contribution in [1.82, 2.24) is 15.6 Å². The lowest BCUT2D eigenvalue weighted by Gasteiger charge is -2.07. The summed E-state index contributed by atoms with van der Waals surface area (Å²) in [5.74, 6) is -0.289. The molecular weight excluding hydrogens is 278 g/mol. The quantitative estimate of drug-likeness (QED) is 0.886. The first-order valence-corrected chi connectivity index (χ1v) is 7.07. The molecule has 0 aliphatic rings. The topological polar surface area (TPSA) is 71.1 Å². The Labute approximate surface area is 129 Å². The van der Waals surface area contributed by atoms with Crippen LogP contribution < -0.4 is 10.6 Å². The van der Waals surface area contributed by atoms with Crippen LogP contribution in [-0.2, 0) is 17.9 Å². The highest BCUT2D eigenvalue weighted by atomic mass is 16.2. The highest BCUT2D eigenvalue weighted by Gasteiger charge is 2.07. The van der Waals surface area contributed by atoms with Crippen LogP contribution in [-0.4, -0.2) is 16.8 Å². The minimum atomic E-state index is -0.160. The molecule has 0 fully saturated rings. The molecule has 5 heteroatoms. The van der Waals surface area contributed by atoms with Crippen LogP contribution in [0.5, 0.6) is 0 Å². The smallest absolute Gasteiger partial charge is 0.251 e. The number of nitrogens with zero attached hydrogens (tertiary/aromatic N) is 1. The molecule has 0 aliphatic carbocycles. The van der Waals surface area contributed by atoms with Crippen LogP contribution >= 0.6 is 0 Å². The van der Waals surface area contributed by atoms with Gasteiger partial charge in [-0.1, -0.05) is 29.8 Å². The average Bonchev–Trinajstić information content (AvgIpc) is 2.52. The van der Waals surface area contributed by atoms with Crippen LogP contribution in [0.25, 0.3) is 0 Å². The standard InChI is InChI=1S/C17H19N3O2/c1-12-3-5-14(6-4-12)10-20-17(22)15-7-8-18-16(9-15)11-19-13(2)21/h3-9H,10-11H2,1-2H3,(H,19,21)(H,20,22). The molecule has 2 N–H and O–H groups in total. The number of rotatable bonds is 5. The predicted octanol–water partition coefficient (Wildman–Crippen LogP) is 1.96. The lowest BCUT2D eigenvalue weighted by molar-refractivity contribution is -0.119. The van der Waals surface area contributed by atoms with Crippen molar-refractivity contribution in [2.75, 3.05) is 0 Å². The van der Waals surface area contributed by atoms with Gasteiger partial charge < -0.3 is 10.6 Å². The van der Waals surface area contributed by atoms with E-state index in [1.807, 2.05) is 31.2 Å². The zero-order valence-corrected chi connectivity index (χ0v) is 12.7. The second-order valence-corrected chi connectivity index (χ2v) is 5.11. The molecule has 0 unspecified atom stereocenters. The Balaban J connectivity index is 1.95. The molecule has 1 aromatic heterocycles. The van der Waals surface area contributed by atoms with E-state index in [0.29, 0.717) is 24.3 Å². The number of aromatic nitrogens is 1. The molecule has 22 heavy (non-hydrogen) atoms. The van der Waals surface area contributed by atoms with Gasteiger partial charge in [0.1, 0.15) is 0 Å². The van der Waals surface area contributed by atoms with Gasteiger partial charge in [-0.2, -0.15) is 0 Å². The van der Waals surface area contributed by atoms with Crippen LogP contribution in [0.15, 0.2) is 42.6 Å². The van der Waals surface area contributed by atoms with Crippen molar-refractivity contribution in [3.8, 4) is 0 Å². The second-order valence-electron chi connectivity index (χ2n) is 5.11. The molecule has 2 amide bonds. The molecule has 5 nitrogen and oxygen atoms in total. The molecule has 0 saturated carbocycles. The van der Waals surface area contributed by atoms with E-state index in [1.54, 1.807) is 18.3 Å². The minimum absolute atomic E-state index is 0.129. The van der Waals surface area contributed by atoms with Gasteiger partial charge in [0.15, 0.2) is 0 Å². The summed E-state index contributed by atoms with van der Waals surface area (Å²) in [7, 11) is 0. The maximum Gasteiger partial charge on any atom is 0.251 e. The third kappa shape index (κ3) is 4.70. The number of carbonyl (C=O) groups is 2. The summed E-state index contributed by atoms with van der Waals surface area (Å²) < 4.78 is 0. The monoisotopic (exact) mass is 297 g/mol. The first-order chi connectivity index (χ1) is 10.5. The molecule has 0 saturated heterocycles. The van der Waals surface area contributed by atoms with Crippen LogP contribution in [0.4, 0.5) is 0 Å². The average molecular weight is 297 g/mol. The van der Waals surface area contributed by atoms with Gasteiger partial charge in [0.05, 0.1) is 12.2 Å². The fourth-order valence-corrected chi connectivity index (χ4v) is 1.92.